The number of carbonyl (C=O) groups excluding carboxylic acids is 1. The number of likely N-dealkylation sites (N-methyl/N-ethyl adjacent to an activating group) is 1. The van der Waals surface area contributed by atoms with Crippen molar-refractivity contribution in [2.24, 2.45) is 0 Å². The van der Waals surface area contributed by atoms with Crippen molar-refractivity contribution in [3.05, 3.63) is 29.0 Å². The van der Waals surface area contributed by atoms with E-state index in [1.165, 1.54) is 11.3 Å². The Labute approximate surface area is 146 Å². The van der Waals surface area contributed by atoms with Gasteiger partial charge < -0.3 is 15.1 Å². The number of thiazole rings is 1. The molecule has 2 aromatic heterocycles. The van der Waals surface area contributed by atoms with E-state index in [1.54, 1.807) is 0 Å². The highest BCUT2D eigenvalue weighted by molar-refractivity contribution is 7.13. The van der Waals surface area contributed by atoms with Crippen LogP contribution in [0.1, 0.15) is 18.4 Å². The number of hydrogen-bond donors (Lipinski definition) is 2. The summed E-state index contributed by atoms with van der Waals surface area (Å²) in [5.74, 6) is 1.61. The SMILES string of the molecule is CCNCCNC(=O)Cc1csc(-c2ccc(C)o2)n1.Cl.Cl. The van der Waals surface area contributed by atoms with E-state index >= 15 is 0 Å². The highest BCUT2D eigenvalue weighted by Crippen LogP contribution is 2.25. The normalized spacial score (nSPS) is 9.73. The third-order valence-electron chi connectivity index (χ3n) is 2.72. The maximum atomic E-state index is 11.7. The summed E-state index contributed by atoms with van der Waals surface area (Å²) in [6, 6.07) is 3.80. The molecule has 0 aliphatic rings. The van der Waals surface area contributed by atoms with Crippen molar-refractivity contribution in [1.29, 1.82) is 0 Å². The summed E-state index contributed by atoms with van der Waals surface area (Å²) in [7, 11) is 0. The molecule has 0 aromatic carbocycles. The van der Waals surface area contributed by atoms with Gasteiger partial charge in [0.05, 0.1) is 12.1 Å². The molecule has 0 aliphatic heterocycles. The molecule has 2 heterocycles. The average molecular weight is 366 g/mol. The van der Waals surface area contributed by atoms with E-state index in [2.05, 4.69) is 15.6 Å². The number of amides is 1. The van der Waals surface area contributed by atoms with Crippen molar-refractivity contribution in [3.63, 3.8) is 0 Å². The van der Waals surface area contributed by atoms with E-state index in [0.29, 0.717) is 13.0 Å². The van der Waals surface area contributed by atoms with E-state index in [1.807, 2.05) is 31.4 Å². The number of furan rings is 1. The fourth-order valence-corrected chi connectivity index (χ4v) is 2.52. The largest absolute Gasteiger partial charge is 0.459 e. The highest BCUT2D eigenvalue weighted by Gasteiger charge is 2.10. The summed E-state index contributed by atoms with van der Waals surface area (Å²) in [5, 5.41) is 8.73. The number of rotatable bonds is 7. The molecule has 2 aromatic rings. The fraction of sp³-hybridized carbons (Fsp3) is 0.429. The predicted octanol–water partition coefficient (Wildman–Crippen LogP) is 2.82. The third-order valence-corrected chi connectivity index (χ3v) is 3.62. The van der Waals surface area contributed by atoms with E-state index in [-0.39, 0.29) is 30.7 Å². The molecule has 0 bridgehead atoms. The molecule has 8 heteroatoms. The van der Waals surface area contributed by atoms with Crippen LogP contribution in [0.4, 0.5) is 0 Å². The van der Waals surface area contributed by atoms with Gasteiger partial charge >= 0.3 is 0 Å². The van der Waals surface area contributed by atoms with Gasteiger partial charge in [0.1, 0.15) is 5.76 Å². The zero-order valence-electron chi connectivity index (χ0n) is 12.5. The molecule has 0 radical (unpaired) electrons. The minimum Gasteiger partial charge on any atom is -0.459 e. The number of nitrogens with one attached hydrogen (secondary N) is 2. The molecular weight excluding hydrogens is 345 g/mol. The maximum Gasteiger partial charge on any atom is 0.226 e. The van der Waals surface area contributed by atoms with E-state index in [4.69, 9.17) is 4.42 Å². The van der Waals surface area contributed by atoms with Gasteiger partial charge in [0.2, 0.25) is 5.91 Å². The summed E-state index contributed by atoms with van der Waals surface area (Å²) < 4.78 is 5.52. The lowest BCUT2D eigenvalue weighted by Gasteiger charge is -2.03. The van der Waals surface area contributed by atoms with Gasteiger partial charge in [-0.15, -0.1) is 36.2 Å². The molecule has 5 nitrogen and oxygen atoms in total. The number of aromatic nitrogens is 1. The van der Waals surface area contributed by atoms with Crippen LogP contribution in [0.2, 0.25) is 0 Å². The quantitative estimate of drug-likeness (QED) is 0.740. The monoisotopic (exact) mass is 365 g/mol. The van der Waals surface area contributed by atoms with Crippen LogP contribution in [0.3, 0.4) is 0 Å². The van der Waals surface area contributed by atoms with Gasteiger partial charge in [-0.2, -0.15) is 0 Å². The van der Waals surface area contributed by atoms with Gasteiger partial charge in [0.15, 0.2) is 10.8 Å². The lowest BCUT2D eigenvalue weighted by Crippen LogP contribution is -2.32. The second kappa shape index (κ2) is 10.6. The van der Waals surface area contributed by atoms with Crippen LogP contribution in [0, 0.1) is 6.92 Å². The molecule has 22 heavy (non-hydrogen) atoms. The molecule has 2 N–H and O–H groups in total. The molecule has 124 valence electrons. The Morgan fingerprint density at radius 1 is 1.32 bits per heavy atom. The van der Waals surface area contributed by atoms with E-state index in [9.17, 15) is 4.79 Å². The Bertz CT molecular complexity index is 572. The molecule has 1 amide bonds. The number of hydrogen-bond acceptors (Lipinski definition) is 5. The van der Waals surface area contributed by atoms with Crippen molar-refractivity contribution < 1.29 is 9.21 Å². The van der Waals surface area contributed by atoms with Crippen molar-refractivity contribution >= 4 is 42.1 Å². The minimum absolute atomic E-state index is 0. The van der Waals surface area contributed by atoms with Crippen molar-refractivity contribution in [2.75, 3.05) is 19.6 Å². The second-order valence-corrected chi connectivity index (χ2v) is 5.29. The van der Waals surface area contributed by atoms with Gasteiger partial charge in [-0.25, -0.2) is 4.98 Å². The first-order valence-electron chi connectivity index (χ1n) is 6.67. The number of aryl methyl sites for hydroxylation is 1. The van der Waals surface area contributed by atoms with Crippen molar-refractivity contribution in [1.82, 2.24) is 15.6 Å². The van der Waals surface area contributed by atoms with Gasteiger partial charge in [-0.05, 0) is 25.6 Å². The van der Waals surface area contributed by atoms with Gasteiger partial charge in [0, 0.05) is 18.5 Å². The first kappa shape index (κ1) is 20.9. The van der Waals surface area contributed by atoms with Gasteiger partial charge in [0.25, 0.3) is 0 Å². The molecule has 0 saturated carbocycles. The Hall–Kier alpha value is -1.08. The first-order valence-corrected chi connectivity index (χ1v) is 7.55. The van der Waals surface area contributed by atoms with Crippen LogP contribution in [0.15, 0.2) is 21.9 Å². The Morgan fingerprint density at radius 2 is 2.09 bits per heavy atom. The van der Waals surface area contributed by atoms with Gasteiger partial charge in [-0.3, -0.25) is 4.79 Å². The summed E-state index contributed by atoms with van der Waals surface area (Å²) in [4.78, 5) is 16.2. The fourth-order valence-electron chi connectivity index (χ4n) is 1.74. The lowest BCUT2D eigenvalue weighted by atomic mass is 10.3. The highest BCUT2D eigenvalue weighted by atomic mass is 35.5. The molecule has 0 atom stereocenters. The topological polar surface area (TPSA) is 67.2 Å². The Morgan fingerprint density at radius 3 is 2.73 bits per heavy atom. The molecule has 0 spiro atoms. The van der Waals surface area contributed by atoms with Crippen molar-refractivity contribution in [3.8, 4) is 10.8 Å². The van der Waals surface area contributed by atoms with Crippen LogP contribution in [0.5, 0.6) is 0 Å². The smallest absolute Gasteiger partial charge is 0.226 e. The summed E-state index contributed by atoms with van der Waals surface area (Å²) in [6.07, 6.45) is 0.308. The first-order chi connectivity index (χ1) is 9.69. The van der Waals surface area contributed by atoms with Crippen LogP contribution < -0.4 is 10.6 Å². The van der Waals surface area contributed by atoms with Crippen LogP contribution in [-0.2, 0) is 11.2 Å². The molecule has 0 unspecified atom stereocenters. The summed E-state index contributed by atoms with van der Waals surface area (Å²) in [5.41, 5.74) is 0.778. The van der Waals surface area contributed by atoms with Crippen LogP contribution in [-0.4, -0.2) is 30.5 Å². The standard InChI is InChI=1S/C14H19N3O2S.2ClH/c1-3-15-6-7-16-13(18)8-11-9-20-14(17-11)12-5-4-10(2)19-12;;/h4-5,9,15H,3,6-8H2,1-2H3,(H,16,18);2*1H. The third kappa shape index (κ3) is 6.36. The molecule has 0 saturated heterocycles. The Balaban J connectivity index is 0.00000220. The lowest BCUT2D eigenvalue weighted by molar-refractivity contribution is -0.120. The molecule has 2 rings (SSSR count). The Kier molecular flexibility index (Phi) is 10.1. The maximum absolute atomic E-state index is 11.7. The number of nitrogens with zero attached hydrogens (tertiary/aromatic N) is 1. The van der Waals surface area contributed by atoms with E-state index in [0.717, 1.165) is 35.3 Å². The minimum atomic E-state index is -0.00428. The number of carbonyl (C=O) groups is 1. The predicted molar refractivity (Wildman–Crippen MR) is 94.3 cm³/mol. The van der Waals surface area contributed by atoms with Crippen LogP contribution in [0.25, 0.3) is 10.8 Å². The summed E-state index contributed by atoms with van der Waals surface area (Å²) in [6.45, 7) is 6.27. The molecule has 0 fully saturated rings. The number of halogens is 2. The van der Waals surface area contributed by atoms with Crippen LogP contribution >= 0.6 is 36.2 Å². The molecular formula is C14H21Cl2N3O2S. The van der Waals surface area contributed by atoms with Crippen molar-refractivity contribution in [2.45, 2.75) is 20.3 Å². The zero-order valence-corrected chi connectivity index (χ0v) is 15.0. The van der Waals surface area contributed by atoms with E-state index < -0.39 is 0 Å². The van der Waals surface area contributed by atoms with Gasteiger partial charge in [-0.1, -0.05) is 6.92 Å². The molecule has 0 aliphatic carbocycles. The zero-order chi connectivity index (χ0) is 14.4. The second-order valence-electron chi connectivity index (χ2n) is 4.43. The average Bonchev–Trinajstić information content (AvgIpc) is 3.04. The summed E-state index contributed by atoms with van der Waals surface area (Å²) >= 11 is 1.49.